The average molecular weight is 1420 g/mol. The minimum atomic E-state index is -2.00. The number of Topliss-reactive ketones (excluding diaryl/α,β-unsaturated/α-hetero) is 3. The van der Waals surface area contributed by atoms with Crippen LogP contribution < -0.4 is 43.3 Å². The SMILES string of the molecule is CCc1c2c(nc3ccc(OC(=O)OCCSSC[C@H](CC(=O)[C@H](CC(=O)O)NC(=O)[C@H](CCCNC(=N)N)CC(=O)[C@H](CC(=O)O)NC(=O)CC[C@H](CC(=O)c4ccc(CCc5cnc6nc(N)[nH]c(=O)c6n5)cc4)C(=O)O)C(=O)O)cc13)-c1cc3c(c(=O)n1C2)COC(=O)[C@]3(O)CC. The standard InChI is InChI=1S/C65H72N12O21S2/c1-3-38-39-23-37(14-15-43(39)73-53-40(38)28-77-46(53)24-42-41(58(77)88)29-97-61(93)65(42,95)4-2)98-64(94)96-18-19-99-100-30-35(60(91)92)22-49(80)45(26-52(84)85)74-56(86)33(6-5-17-69-62(66)67)20-48(79)44(25-51(82)83)72-50(81)16-12-34(59(89)90)21-47(78)32-10-7-31(8-11-32)9-13-36-27-70-55-54(71-36)57(87)76-63(68)75-55/h7-8,10-11,14-15,23-24,27,33-35,44-45,95H,3-6,9,12-13,16-22,25-26,28-30H2,1-2H3,(H,72,81)(H,74,86)(H,82,83)(H,84,85)(H,89,90)(H,91,92)(H4,66,67,69)(H3,68,70,75,76,87)/t33-,34-,35+,44+,45+,65+/m1/s1. The Balaban J connectivity index is 0.812. The maximum atomic E-state index is 14.0. The molecule has 100 heavy (non-hydrogen) atoms. The minimum Gasteiger partial charge on any atom is -0.481 e. The number of hydrogen-bond acceptors (Lipinski definition) is 25. The fourth-order valence-corrected chi connectivity index (χ4v) is 13.7. The molecule has 530 valence electrons. The zero-order valence-electron chi connectivity index (χ0n) is 54.0. The Labute approximate surface area is 575 Å². The fraction of sp³-hybridized carbons (Fsp3) is 0.415. The summed E-state index contributed by atoms with van der Waals surface area (Å²) in [6.07, 6.45) is -3.77. The highest BCUT2D eigenvalue weighted by Gasteiger charge is 2.46. The zero-order valence-corrected chi connectivity index (χ0v) is 55.6. The number of pyridine rings is 2. The summed E-state index contributed by atoms with van der Waals surface area (Å²) in [5.74, 6) is -16.4. The van der Waals surface area contributed by atoms with Crippen molar-refractivity contribution in [1.29, 1.82) is 5.41 Å². The molecule has 0 radical (unpaired) electrons. The molecule has 2 aromatic carbocycles. The largest absolute Gasteiger partial charge is 0.513 e. The van der Waals surface area contributed by atoms with Gasteiger partial charge in [-0.25, -0.2) is 24.5 Å². The number of nitrogens with two attached hydrogens (primary N) is 2. The number of guanidine groups is 1. The summed E-state index contributed by atoms with van der Waals surface area (Å²) in [6.45, 7) is 3.14. The molecule has 0 bridgehead atoms. The van der Waals surface area contributed by atoms with Crippen LogP contribution in [0.3, 0.4) is 0 Å². The Hall–Kier alpha value is -10.7. The smallest absolute Gasteiger partial charge is 0.481 e. The lowest BCUT2D eigenvalue weighted by atomic mass is 9.86. The van der Waals surface area contributed by atoms with Gasteiger partial charge < -0.3 is 71.7 Å². The Morgan fingerprint density at radius 3 is 2.16 bits per heavy atom. The molecule has 6 heterocycles. The van der Waals surface area contributed by atoms with Crippen LogP contribution >= 0.6 is 21.6 Å². The number of hydrogen-bond donors (Lipinski definition) is 12. The number of fused-ring (bicyclic) bond motifs is 6. The molecule has 2 aliphatic heterocycles. The molecular weight excluding hydrogens is 1350 g/mol. The predicted molar refractivity (Wildman–Crippen MR) is 358 cm³/mol. The third-order valence-corrected chi connectivity index (χ3v) is 19.3. The van der Waals surface area contributed by atoms with E-state index in [1.807, 2.05) is 6.92 Å². The van der Waals surface area contributed by atoms with Crippen LogP contribution in [0.4, 0.5) is 10.7 Å². The number of aliphatic carboxylic acids is 4. The number of H-pyrrole nitrogens is 1. The van der Waals surface area contributed by atoms with Crippen molar-refractivity contribution in [3.8, 4) is 17.1 Å². The topological polar surface area (TPSA) is 535 Å². The summed E-state index contributed by atoms with van der Waals surface area (Å²) in [6, 6.07) is 8.97. The van der Waals surface area contributed by atoms with Crippen LogP contribution in [-0.2, 0) is 90.6 Å². The Morgan fingerprint density at radius 2 is 1.50 bits per heavy atom. The summed E-state index contributed by atoms with van der Waals surface area (Å²) in [5, 5.41) is 66.2. The van der Waals surface area contributed by atoms with Gasteiger partial charge in [0.05, 0.1) is 77.7 Å². The van der Waals surface area contributed by atoms with Gasteiger partial charge >= 0.3 is 36.0 Å². The zero-order chi connectivity index (χ0) is 72.7. The van der Waals surface area contributed by atoms with Crippen LogP contribution in [0.2, 0.25) is 0 Å². The van der Waals surface area contributed by atoms with Crippen LogP contribution in [-0.4, -0.2) is 163 Å². The van der Waals surface area contributed by atoms with E-state index in [9.17, 15) is 87.9 Å². The molecule has 4 aromatic heterocycles. The van der Waals surface area contributed by atoms with Crippen molar-refractivity contribution in [3.05, 3.63) is 115 Å². The number of carboxylic acid groups (broad SMARTS) is 4. The molecule has 0 spiro atoms. The number of esters is 1. The highest BCUT2D eigenvalue weighted by atomic mass is 33.1. The Morgan fingerprint density at radius 1 is 0.810 bits per heavy atom. The van der Waals surface area contributed by atoms with Gasteiger partial charge in [-0.15, -0.1) is 0 Å². The lowest BCUT2D eigenvalue weighted by Gasteiger charge is -2.31. The van der Waals surface area contributed by atoms with Crippen molar-refractivity contribution in [2.75, 3.05) is 30.4 Å². The van der Waals surface area contributed by atoms with Gasteiger partial charge in [-0.05, 0) is 80.3 Å². The van der Waals surface area contributed by atoms with Crippen LogP contribution in [0, 0.1) is 23.2 Å². The van der Waals surface area contributed by atoms with Crippen LogP contribution in [0.15, 0.2) is 64.3 Å². The quantitative estimate of drug-likeness (QED) is 0.00506. The number of aromatic nitrogens is 6. The van der Waals surface area contributed by atoms with E-state index >= 15 is 0 Å². The van der Waals surface area contributed by atoms with Crippen LogP contribution in [0.1, 0.15) is 122 Å². The van der Waals surface area contributed by atoms with Gasteiger partial charge in [-0.3, -0.25) is 63.1 Å². The number of ketones is 3. The number of nitrogen functional groups attached to an aromatic ring is 1. The molecule has 0 fully saturated rings. The van der Waals surface area contributed by atoms with E-state index in [4.69, 9.17) is 36.1 Å². The summed E-state index contributed by atoms with van der Waals surface area (Å²) in [5.41, 5.74) is 12.8. The molecule has 6 atom stereocenters. The number of aryl methyl sites for hydroxylation is 3. The number of aromatic amines is 1. The number of carbonyl (C=O) groups is 11. The Kier molecular flexibility index (Phi) is 25.3. The van der Waals surface area contributed by atoms with Gasteiger partial charge in [-0.1, -0.05) is 59.7 Å². The first-order chi connectivity index (χ1) is 47.6. The maximum Gasteiger partial charge on any atom is 0.513 e. The lowest BCUT2D eigenvalue weighted by molar-refractivity contribution is -0.172. The van der Waals surface area contributed by atoms with Gasteiger partial charge in [0.25, 0.3) is 11.1 Å². The van der Waals surface area contributed by atoms with Gasteiger partial charge in [0.2, 0.25) is 17.8 Å². The first-order valence-electron chi connectivity index (χ1n) is 31.5. The van der Waals surface area contributed by atoms with Gasteiger partial charge in [0.15, 0.2) is 40.1 Å². The van der Waals surface area contributed by atoms with Gasteiger partial charge in [0.1, 0.15) is 19.0 Å². The molecule has 0 saturated heterocycles. The fourth-order valence-electron chi connectivity index (χ4n) is 11.5. The Bertz CT molecular complexity index is 4360. The van der Waals surface area contributed by atoms with E-state index in [1.165, 1.54) is 29.0 Å². The first kappa shape index (κ1) is 75.1. The molecule has 0 aliphatic carbocycles. The highest BCUT2D eigenvalue weighted by Crippen LogP contribution is 2.41. The van der Waals surface area contributed by atoms with Crippen LogP contribution in [0.5, 0.6) is 5.75 Å². The van der Waals surface area contributed by atoms with Gasteiger partial charge in [-0.2, -0.15) is 4.98 Å². The van der Waals surface area contributed by atoms with E-state index in [0.29, 0.717) is 47.2 Å². The summed E-state index contributed by atoms with van der Waals surface area (Å²) in [7, 11) is 2.06. The third kappa shape index (κ3) is 18.9. The number of anilines is 1. The summed E-state index contributed by atoms with van der Waals surface area (Å²) < 4.78 is 17.4. The molecule has 6 aromatic rings. The van der Waals surface area contributed by atoms with Crippen molar-refractivity contribution in [1.82, 2.24) is 45.4 Å². The number of nitrogens with zero attached hydrogens (tertiary/aromatic N) is 5. The van der Waals surface area contributed by atoms with Crippen molar-refractivity contribution < 1.29 is 92.5 Å². The number of carboxylic acids is 4. The van der Waals surface area contributed by atoms with Crippen molar-refractivity contribution in [3.63, 3.8) is 0 Å². The van der Waals surface area contributed by atoms with E-state index in [1.54, 1.807) is 37.3 Å². The second-order valence-electron chi connectivity index (χ2n) is 23.7. The molecule has 14 N–H and O–H groups in total. The number of nitrogens with one attached hydrogen (secondary N) is 5. The molecule has 8 rings (SSSR count). The second-order valence-corrected chi connectivity index (χ2v) is 26.3. The van der Waals surface area contributed by atoms with Gasteiger partial charge in [0, 0.05) is 71.7 Å². The number of rotatable bonds is 37. The second kappa shape index (κ2) is 33.7. The molecule has 2 aliphatic rings. The lowest BCUT2D eigenvalue weighted by Crippen LogP contribution is -2.48. The normalized spacial score (nSPS) is 15.1. The van der Waals surface area contributed by atoms with E-state index in [2.05, 4.69) is 35.9 Å². The van der Waals surface area contributed by atoms with Crippen molar-refractivity contribution >= 4 is 121 Å². The summed E-state index contributed by atoms with van der Waals surface area (Å²) >= 11 is 0. The number of aliphatic hydroxyl groups is 1. The molecular formula is C65H72N12O21S2. The number of ether oxygens (including phenoxy) is 3. The third-order valence-electron chi connectivity index (χ3n) is 16.9. The maximum absolute atomic E-state index is 14.0. The predicted octanol–water partition coefficient (Wildman–Crippen LogP) is 3.10. The molecule has 33 nitrogen and oxygen atoms in total. The number of benzene rings is 2. The number of cyclic esters (lactones) is 1. The van der Waals surface area contributed by atoms with E-state index < -0.39 is 163 Å². The van der Waals surface area contributed by atoms with Crippen molar-refractivity contribution in [2.45, 2.75) is 128 Å². The molecule has 0 unspecified atom stereocenters. The summed E-state index contributed by atoms with van der Waals surface area (Å²) in [4.78, 5) is 188. The first-order valence-corrected chi connectivity index (χ1v) is 34.0. The number of carbonyl (C=O) groups excluding carboxylic acids is 7. The van der Waals surface area contributed by atoms with Crippen molar-refractivity contribution in [2.24, 2.45) is 23.5 Å². The van der Waals surface area contributed by atoms with E-state index in [-0.39, 0.29) is 96.6 Å². The molecule has 0 saturated carbocycles. The van der Waals surface area contributed by atoms with Crippen LogP contribution in [0.25, 0.3) is 33.5 Å². The molecule has 2 amide bonds. The monoisotopic (exact) mass is 1420 g/mol. The molecule has 35 heteroatoms. The average Bonchev–Trinajstić information content (AvgIpc) is 1.52. The number of amides is 2. The minimum absolute atomic E-state index is 0.00974. The van der Waals surface area contributed by atoms with E-state index in [0.717, 1.165) is 38.3 Å². The highest BCUT2D eigenvalue weighted by molar-refractivity contribution is 8.76.